The van der Waals surface area contributed by atoms with Crippen LogP contribution in [0.25, 0.3) is 54.7 Å². The number of pyridine rings is 1. The van der Waals surface area contributed by atoms with E-state index < -0.39 is 0 Å². The van der Waals surface area contributed by atoms with E-state index in [0.717, 1.165) is 44.2 Å². The van der Waals surface area contributed by atoms with E-state index in [0.29, 0.717) is 5.71 Å². The zero-order valence-electron chi connectivity index (χ0n) is 21.7. The predicted molar refractivity (Wildman–Crippen MR) is 167 cm³/mol. The molecule has 8 rings (SSSR count). The zero-order valence-corrected chi connectivity index (χ0v) is 21.7. The Morgan fingerprint density at radius 3 is 1.95 bits per heavy atom. The minimum atomic E-state index is 0.672. The molecule has 3 nitrogen and oxygen atoms in total. The molecule has 0 unspecified atom stereocenters. The van der Waals surface area contributed by atoms with Crippen LogP contribution >= 0.6 is 0 Å². The molecule has 0 aliphatic carbocycles. The third kappa shape index (κ3) is 3.71. The van der Waals surface area contributed by atoms with E-state index in [1.807, 2.05) is 6.07 Å². The highest BCUT2D eigenvalue weighted by Gasteiger charge is 2.16. The van der Waals surface area contributed by atoms with Gasteiger partial charge in [-0.1, -0.05) is 78.9 Å². The Balaban J connectivity index is 1.30. The Kier molecular flexibility index (Phi) is 5.14. The van der Waals surface area contributed by atoms with Crippen LogP contribution in [0.3, 0.4) is 0 Å². The highest BCUT2D eigenvalue weighted by atomic mass is 16.3. The predicted octanol–water partition coefficient (Wildman–Crippen LogP) is 10.4. The third-order valence-electron chi connectivity index (χ3n) is 7.70. The fourth-order valence-corrected chi connectivity index (χ4v) is 5.72. The molecule has 8 aromatic rings. The lowest BCUT2D eigenvalue weighted by Crippen LogP contribution is -2.09. The van der Waals surface area contributed by atoms with E-state index >= 15 is 0 Å². The molecule has 40 heavy (non-hydrogen) atoms. The van der Waals surface area contributed by atoms with Crippen LogP contribution in [0.15, 0.2) is 150 Å². The number of hydrogen-bond acceptors (Lipinski definition) is 3. The van der Waals surface area contributed by atoms with Gasteiger partial charge in [0, 0.05) is 39.4 Å². The maximum Gasteiger partial charge on any atom is 0.227 e. The number of nitrogens with zero attached hydrogens (tertiary/aromatic N) is 2. The summed E-state index contributed by atoms with van der Waals surface area (Å²) >= 11 is 0. The second-order valence-electron chi connectivity index (χ2n) is 10.1. The fraction of sp³-hybridized carbons (Fsp3) is 0. The first-order chi connectivity index (χ1) is 19.8. The molecule has 0 saturated carbocycles. The van der Waals surface area contributed by atoms with Crippen molar-refractivity contribution in [1.29, 1.82) is 0 Å². The summed E-state index contributed by atoms with van der Waals surface area (Å²) in [5.41, 5.74) is 7.25. The van der Waals surface area contributed by atoms with Gasteiger partial charge in [0.1, 0.15) is 5.58 Å². The lowest BCUT2D eigenvalue weighted by Gasteiger charge is -2.26. The molecule has 2 aromatic heterocycles. The molecule has 2 heterocycles. The molecule has 0 atom stereocenters. The highest BCUT2D eigenvalue weighted by Crippen LogP contribution is 2.40. The summed E-state index contributed by atoms with van der Waals surface area (Å²) < 4.78 is 6.21. The van der Waals surface area contributed by atoms with Gasteiger partial charge in [0.15, 0.2) is 0 Å². The maximum atomic E-state index is 6.21. The number of anilines is 3. The van der Waals surface area contributed by atoms with Crippen molar-refractivity contribution >= 4 is 60.7 Å². The first-order valence-electron chi connectivity index (χ1n) is 13.5. The first-order valence-corrected chi connectivity index (χ1v) is 13.5. The molecule has 0 bridgehead atoms. The zero-order chi connectivity index (χ0) is 26.5. The third-order valence-corrected chi connectivity index (χ3v) is 7.70. The molecule has 0 fully saturated rings. The van der Waals surface area contributed by atoms with Crippen molar-refractivity contribution in [2.75, 3.05) is 4.90 Å². The Hall–Kier alpha value is -5.41. The summed E-state index contributed by atoms with van der Waals surface area (Å²) in [6.07, 6.45) is 1.77. The molecular weight excluding hydrogens is 488 g/mol. The average molecular weight is 513 g/mol. The normalized spacial score (nSPS) is 11.5. The molecular formula is C37H24N2O. The highest BCUT2D eigenvalue weighted by molar-refractivity contribution is 6.14. The molecule has 0 N–H and O–H groups in total. The van der Waals surface area contributed by atoms with Gasteiger partial charge in [0.2, 0.25) is 5.71 Å². The molecule has 0 amide bonds. The van der Waals surface area contributed by atoms with Crippen LogP contribution in [0.1, 0.15) is 0 Å². The van der Waals surface area contributed by atoms with E-state index in [4.69, 9.17) is 4.42 Å². The molecule has 0 radical (unpaired) electrons. The fourth-order valence-electron chi connectivity index (χ4n) is 5.72. The topological polar surface area (TPSA) is 29.3 Å². The van der Waals surface area contributed by atoms with Gasteiger partial charge in [-0.05, 0) is 87.9 Å². The van der Waals surface area contributed by atoms with E-state index in [9.17, 15) is 0 Å². The van der Waals surface area contributed by atoms with Gasteiger partial charge >= 0.3 is 0 Å². The van der Waals surface area contributed by atoms with Crippen molar-refractivity contribution in [2.45, 2.75) is 0 Å². The van der Waals surface area contributed by atoms with Gasteiger partial charge in [-0.15, -0.1) is 0 Å². The SMILES string of the molecule is c1ccc(-c2ccc(N(c3ccc4ccccc4c3)c3ccc4c(ccc5c6cccnc6oc45)c3)cc2)cc1. The molecule has 0 spiro atoms. The number of rotatable bonds is 4. The van der Waals surface area contributed by atoms with Gasteiger partial charge < -0.3 is 9.32 Å². The summed E-state index contributed by atoms with van der Waals surface area (Å²) in [6.45, 7) is 0. The summed E-state index contributed by atoms with van der Waals surface area (Å²) in [4.78, 5) is 6.75. The van der Waals surface area contributed by atoms with Crippen molar-refractivity contribution in [3.8, 4) is 11.1 Å². The number of fused-ring (bicyclic) bond motifs is 6. The van der Waals surface area contributed by atoms with Crippen LogP contribution < -0.4 is 4.90 Å². The molecule has 0 aliphatic heterocycles. The lowest BCUT2D eigenvalue weighted by atomic mass is 10.0. The standard InChI is InChI=1S/C37H24N2O/c1-2-7-25(8-3-1)27-12-16-30(17-13-27)39(31-18-14-26-9-4-5-10-28(26)23-31)32-19-21-33-29(24-32)15-20-34-35-11-6-22-38-37(35)40-36(33)34/h1-24H. The number of benzene rings is 6. The van der Waals surface area contributed by atoms with Crippen molar-refractivity contribution in [3.63, 3.8) is 0 Å². The molecule has 188 valence electrons. The smallest absolute Gasteiger partial charge is 0.227 e. The monoisotopic (exact) mass is 512 g/mol. The summed E-state index contributed by atoms with van der Waals surface area (Å²) in [7, 11) is 0. The van der Waals surface area contributed by atoms with Gasteiger partial charge in [-0.25, -0.2) is 4.98 Å². The second-order valence-corrected chi connectivity index (χ2v) is 10.1. The molecule has 0 aliphatic rings. The number of aromatic nitrogens is 1. The van der Waals surface area contributed by atoms with Gasteiger partial charge in [-0.2, -0.15) is 0 Å². The molecule has 3 heteroatoms. The van der Waals surface area contributed by atoms with E-state index in [1.165, 1.54) is 21.9 Å². The lowest BCUT2D eigenvalue weighted by molar-refractivity contribution is 0.657. The summed E-state index contributed by atoms with van der Waals surface area (Å²) in [5.74, 6) is 0. The van der Waals surface area contributed by atoms with Crippen molar-refractivity contribution < 1.29 is 4.42 Å². The molecule has 0 saturated heterocycles. The van der Waals surface area contributed by atoms with E-state index in [-0.39, 0.29) is 0 Å². The average Bonchev–Trinajstić information content (AvgIpc) is 3.41. The van der Waals surface area contributed by atoms with Gasteiger partial charge in [-0.3, -0.25) is 0 Å². The van der Waals surface area contributed by atoms with Crippen molar-refractivity contribution in [3.05, 3.63) is 146 Å². The summed E-state index contributed by atoms with van der Waals surface area (Å²) in [5, 5.41) is 6.77. The van der Waals surface area contributed by atoms with Crippen LogP contribution in [0.2, 0.25) is 0 Å². The van der Waals surface area contributed by atoms with E-state index in [2.05, 4.69) is 143 Å². The van der Waals surface area contributed by atoms with Crippen LogP contribution in [0, 0.1) is 0 Å². The Bertz CT molecular complexity index is 2160. The first kappa shape index (κ1) is 22.6. The second kappa shape index (κ2) is 9.11. The van der Waals surface area contributed by atoms with Crippen molar-refractivity contribution in [1.82, 2.24) is 4.98 Å². The largest absolute Gasteiger partial charge is 0.437 e. The number of furan rings is 1. The Morgan fingerprint density at radius 2 is 1.10 bits per heavy atom. The summed E-state index contributed by atoms with van der Waals surface area (Å²) in [6, 6.07) is 49.4. The van der Waals surface area contributed by atoms with Gasteiger partial charge in [0.25, 0.3) is 0 Å². The minimum absolute atomic E-state index is 0.672. The Labute approximate surface area is 231 Å². The van der Waals surface area contributed by atoms with Gasteiger partial charge in [0.05, 0.1) is 0 Å². The molecule has 6 aromatic carbocycles. The van der Waals surface area contributed by atoms with Crippen molar-refractivity contribution in [2.24, 2.45) is 0 Å². The van der Waals surface area contributed by atoms with Crippen LogP contribution in [0.5, 0.6) is 0 Å². The van der Waals surface area contributed by atoms with Crippen LogP contribution in [-0.2, 0) is 0 Å². The quantitative estimate of drug-likeness (QED) is 0.235. The maximum absolute atomic E-state index is 6.21. The van der Waals surface area contributed by atoms with Crippen LogP contribution in [0.4, 0.5) is 17.1 Å². The number of hydrogen-bond donors (Lipinski definition) is 0. The Morgan fingerprint density at radius 1 is 0.450 bits per heavy atom. The van der Waals surface area contributed by atoms with E-state index in [1.54, 1.807) is 6.20 Å². The minimum Gasteiger partial charge on any atom is -0.437 e. The van der Waals surface area contributed by atoms with Crippen LogP contribution in [-0.4, -0.2) is 4.98 Å².